The average Bonchev–Trinajstić information content (AvgIpc) is 3.49. The van der Waals surface area contributed by atoms with Crippen LogP contribution in [0.1, 0.15) is 75.3 Å². The zero-order valence-electron chi connectivity index (χ0n) is 28.8. The van der Waals surface area contributed by atoms with Gasteiger partial charge in [0.05, 0.1) is 29.8 Å². The Labute approximate surface area is 296 Å². The lowest BCUT2D eigenvalue weighted by atomic mass is 9.88. The molecule has 4 aromatic rings. The number of aromatic nitrogens is 1. The van der Waals surface area contributed by atoms with Gasteiger partial charge in [0, 0.05) is 48.4 Å². The standard InChI is InChI=1S/C40H44N4O5S/c1-25(45)49-24-34-31(7-5-8-36(34)44-19-16-33-32-6-3-4-9-37(32)50-38(33)40(44)47)28-20-35(39(46)42(2)21-28)41-29-12-10-26(11-13-29)27-14-17-43(18-15-27)30-22-48-23-30/h5,7-8,10-13,20-21,27,30,41H,3-4,6,9,14-19,22-24H2,1-2H3. The first kappa shape index (κ1) is 32.9. The molecule has 0 unspecified atom stereocenters. The van der Waals surface area contributed by atoms with Crippen LogP contribution in [0.4, 0.5) is 17.1 Å². The molecule has 10 heteroatoms. The van der Waals surface area contributed by atoms with Crippen LogP contribution in [-0.4, -0.2) is 60.2 Å². The minimum Gasteiger partial charge on any atom is -0.461 e. The van der Waals surface area contributed by atoms with Crippen molar-refractivity contribution in [3.05, 3.63) is 97.1 Å². The quantitative estimate of drug-likeness (QED) is 0.209. The van der Waals surface area contributed by atoms with Gasteiger partial charge in [0.1, 0.15) is 12.3 Å². The van der Waals surface area contributed by atoms with Crippen LogP contribution in [0.5, 0.6) is 0 Å². The molecule has 2 aromatic carbocycles. The van der Waals surface area contributed by atoms with Crippen molar-refractivity contribution in [3.8, 4) is 11.1 Å². The number of anilines is 3. The number of nitrogens with one attached hydrogen (secondary N) is 1. The van der Waals surface area contributed by atoms with Crippen LogP contribution in [0.25, 0.3) is 11.1 Å². The van der Waals surface area contributed by atoms with Gasteiger partial charge in [-0.15, -0.1) is 11.3 Å². The molecule has 0 saturated carbocycles. The van der Waals surface area contributed by atoms with Gasteiger partial charge in [0.15, 0.2) is 0 Å². The van der Waals surface area contributed by atoms with E-state index in [2.05, 4.69) is 34.5 Å². The maximum absolute atomic E-state index is 14.1. The number of likely N-dealkylation sites (tertiary alicyclic amines) is 1. The number of aryl methyl sites for hydroxylation is 2. The minimum absolute atomic E-state index is 0.0108. The molecular weight excluding hydrogens is 649 g/mol. The molecule has 0 spiro atoms. The van der Waals surface area contributed by atoms with Crippen molar-refractivity contribution in [1.82, 2.24) is 9.47 Å². The molecule has 9 nitrogen and oxygen atoms in total. The summed E-state index contributed by atoms with van der Waals surface area (Å²) in [5, 5.41) is 3.38. The molecule has 8 rings (SSSR count). The lowest BCUT2D eigenvalue weighted by Crippen LogP contribution is -2.51. The van der Waals surface area contributed by atoms with Crippen molar-refractivity contribution in [2.75, 3.05) is 43.1 Å². The number of pyridine rings is 1. The molecule has 1 N–H and O–H groups in total. The Bertz CT molecular complexity index is 1990. The molecule has 3 aliphatic heterocycles. The van der Waals surface area contributed by atoms with Crippen LogP contribution >= 0.6 is 11.3 Å². The highest BCUT2D eigenvalue weighted by Gasteiger charge is 2.34. The van der Waals surface area contributed by atoms with Crippen LogP contribution in [0.15, 0.2) is 59.5 Å². The van der Waals surface area contributed by atoms with E-state index in [-0.39, 0.29) is 18.1 Å². The Morgan fingerprint density at radius 1 is 0.980 bits per heavy atom. The predicted octanol–water partition coefficient (Wildman–Crippen LogP) is 6.58. The zero-order chi connectivity index (χ0) is 34.4. The number of esters is 1. The first-order valence-corrected chi connectivity index (χ1v) is 18.8. The van der Waals surface area contributed by atoms with Crippen LogP contribution in [-0.2, 0) is 47.2 Å². The molecule has 2 fully saturated rings. The Hall–Kier alpha value is -4.25. The SMILES string of the molecule is CC(=O)OCc1c(-c2cc(Nc3ccc(C4CCN(C5COC5)CC4)cc3)c(=O)n(C)c2)cccc1N1CCc2c(sc3c2CCCC3)C1=O. The highest BCUT2D eigenvalue weighted by molar-refractivity contribution is 7.14. The number of hydrogen-bond acceptors (Lipinski definition) is 8. The van der Waals surface area contributed by atoms with Crippen LogP contribution in [0.3, 0.4) is 0 Å². The van der Waals surface area contributed by atoms with E-state index in [0.29, 0.717) is 24.2 Å². The second-order valence-corrected chi connectivity index (χ2v) is 15.2. The monoisotopic (exact) mass is 692 g/mol. The van der Waals surface area contributed by atoms with E-state index in [0.717, 1.165) is 91.3 Å². The third-order valence-corrected chi connectivity index (χ3v) is 12.3. The van der Waals surface area contributed by atoms with Gasteiger partial charge in [0.25, 0.3) is 11.5 Å². The summed E-state index contributed by atoms with van der Waals surface area (Å²) in [5.74, 6) is 0.148. The van der Waals surface area contributed by atoms with E-state index in [9.17, 15) is 14.4 Å². The highest BCUT2D eigenvalue weighted by Crippen LogP contribution is 2.41. The van der Waals surface area contributed by atoms with Gasteiger partial charge in [-0.2, -0.15) is 0 Å². The summed E-state index contributed by atoms with van der Waals surface area (Å²) in [5.41, 5.74) is 8.17. The zero-order valence-corrected chi connectivity index (χ0v) is 29.7. The van der Waals surface area contributed by atoms with Gasteiger partial charge >= 0.3 is 5.97 Å². The Morgan fingerprint density at radius 3 is 2.50 bits per heavy atom. The van der Waals surface area contributed by atoms with Gasteiger partial charge in [-0.3, -0.25) is 19.3 Å². The number of carbonyl (C=O) groups is 2. The number of amides is 1. The van der Waals surface area contributed by atoms with Crippen molar-refractivity contribution in [1.29, 1.82) is 0 Å². The van der Waals surface area contributed by atoms with Crippen molar-refractivity contribution in [2.45, 2.75) is 70.4 Å². The summed E-state index contributed by atoms with van der Waals surface area (Å²) in [4.78, 5) is 46.2. The van der Waals surface area contributed by atoms with Gasteiger partial charge in [-0.25, -0.2) is 0 Å². The van der Waals surface area contributed by atoms with Gasteiger partial charge < -0.3 is 24.3 Å². The molecular formula is C40H44N4O5S. The number of ether oxygens (including phenoxy) is 2. The Balaban J connectivity index is 1.07. The lowest BCUT2D eigenvalue weighted by Gasteiger charge is -2.41. The number of rotatable bonds is 8. The van der Waals surface area contributed by atoms with E-state index < -0.39 is 5.97 Å². The Morgan fingerprint density at radius 2 is 1.76 bits per heavy atom. The van der Waals surface area contributed by atoms with Crippen molar-refractivity contribution >= 4 is 40.3 Å². The largest absolute Gasteiger partial charge is 0.461 e. The van der Waals surface area contributed by atoms with Gasteiger partial charge in [0.2, 0.25) is 0 Å². The molecule has 50 heavy (non-hydrogen) atoms. The third-order valence-electron chi connectivity index (χ3n) is 11.0. The number of carbonyl (C=O) groups excluding carboxylic acids is 2. The van der Waals surface area contributed by atoms with Crippen LogP contribution in [0.2, 0.25) is 0 Å². The minimum atomic E-state index is -0.395. The molecule has 5 heterocycles. The Kier molecular flexibility index (Phi) is 9.10. The predicted molar refractivity (Wildman–Crippen MR) is 197 cm³/mol. The maximum Gasteiger partial charge on any atom is 0.302 e. The summed E-state index contributed by atoms with van der Waals surface area (Å²) in [6.45, 7) is 5.90. The molecule has 0 bridgehead atoms. The smallest absolute Gasteiger partial charge is 0.302 e. The second kappa shape index (κ2) is 13.8. The lowest BCUT2D eigenvalue weighted by molar-refractivity contribution is -0.142. The molecule has 2 saturated heterocycles. The summed E-state index contributed by atoms with van der Waals surface area (Å²) in [6.07, 6.45) is 9.37. The van der Waals surface area contributed by atoms with Crippen molar-refractivity contribution in [2.24, 2.45) is 7.05 Å². The highest BCUT2D eigenvalue weighted by atomic mass is 32.1. The van der Waals surface area contributed by atoms with Gasteiger partial charge in [-0.1, -0.05) is 24.3 Å². The molecule has 1 amide bonds. The molecule has 0 atom stereocenters. The number of benzene rings is 2. The van der Waals surface area contributed by atoms with Crippen LogP contribution in [0, 0.1) is 0 Å². The topological polar surface area (TPSA) is 93.1 Å². The fourth-order valence-electron chi connectivity index (χ4n) is 8.14. The molecule has 1 aliphatic carbocycles. The van der Waals surface area contributed by atoms with Crippen molar-refractivity contribution < 1.29 is 19.1 Å². The van der Waals surface area contributed by atoms with E-state index in [1.807, 2.05) is 29.2 Å². The number of thiophene rings is 1. The number of hydrogen-bond donors (Lipinski definition) is 1. The van der Waals surface area contributed by atoms with Gasteiger partial charge in [-0.05, 0) is 110 Å². The van der Waals surface area contributed by atoms with E-state index in [1.54, 1.807) is 29.1 Å². The normalized spacial score (nSPS) is 18.4. The molecule has 2 aromatic heterocycles. The molecule has 4 aliphatic rings. The number of piperidine rings is 1. The number of nitrogens with zero attached hydrogens (tertiary/aromatic N) is 3. The van der Waals surface area contributed by atoms with E-state index >= 15 is 0 Å². The van der Waals surface area contributed by atoms with Crippen LogP contribution < -0.4 is 15.8 Å². The third kappa shape index (κ3) is 6.29. The summed E-state index contributed by atoms with van der Waals surface area (Å²) in [7, 11) is 1.74. The van der Waals surface area contributed by atoms with E-state index in [4.69, 9.17) is 9.47 Å². The maximum atomic E-state index is 14.1. The first-order valence-electron chi connectivity index (χ1n) is 17.9. The summed E-state index contributed by atoms with van der Waals surface area (Å²) in [6, 6.07) is 16.7. The molecule has 260 valence electrons. The molecule has 0 radical (unpaired) electrons. The summed E-state index contributed by atoms with van der Waals surface area (Å²) < 4.78 is 12.6. The average molecular weight is 693 g/mol. The number of fused-ring (bicyclic) bond motifs is 3. The summed E-state index contributed by atoms with van der Waals surface area (Å²) >= 11 is 1.66. The fraction of sp³-hybridized carbons (Fsp3) is 0.425. The van der Waals surface area contributed by atoms with E-state index in [1.165, 1.54) is 41.3 Å². The fourth-order valence-corrected chi connectivity index (χ4v) is 9.53. The van der Waals surface area contributed by atoms with Crippen molar-refractivity contribution in [3.63, 3.8) is 0 Å². The first-order chi connectivity index (χ1) is 24.3. The second-order valence-electron chi connectivity index (χ2n) is 14.1.